The molecule has 1 amide bonds. The number of hydrogen-bond donors (Lipinski definition) is 1. The summed E-state index contributed by atoms with van der Waals surface area (Å²) in [6.07, 6.45) is 10.2. The number of hydrogen-bond acceptors (Lipinski definition) is 6. The molecule has 2 aromatic heterocycles. The van der Waals surface area contributed by atoms with Crippen LogP contribution < -0.4 is 14.8 Å². The van der Waals surface area contributed by atoms with Gasteiger partial charge in [-0.15, -0.1) is 11.3 Å². The number of aromatic nitrogens is 2. The number of ether oxygens (including phenoxy) is 2. The minimum absolute atomic E-state index is 0.0450. The van der Waals surface area contributed by atoms with Crippen LogP contribution in [0.4, 0.5) is 0 Å². The van der Waals surface area contributed by atoms with Gasteiger partial charge < -0.3 is 14.8 Å². The molecule has 2 aromatic rings. The fraction of sp³-hybridized carbons (Fsp3) is 0.389. The SMILES string of the molecule is COc1cncc(OC2CCC(NC(=O)/C=C/c3cccs3)CC2)n1. The number of carbonyl (C=O) groups is 1. The number of rotatable bonds is 6. The molecule has 1 aliphatic rings. The summed E-state index contributed by atoms with van der Waals surface area (Å²) in [7, 11) is 1.55. The quantitative estimate of drug-likeness (QED) is 0.803. The second-order valence-corrected chi connectivity index (χ2v) is 6.83. The molecule has 1 fully saturated rings. The van der Waals surface area contributed by atoms with Crippen LogP contribution in [0.25, 0.3) is 6.08 Å². The van der Waals surface area contributed by atoms with E-state index < -0.39 is 0 Å². The molecule has 0 aliphatic heterocycles. The lowest BCUT2D eigenvalue weighted by Gasteiger charge is -2.28. The van der Waals surface area contributed by atoms with Gasteiger partial charge in [0.25, 0.3) is 0 Å². The zero-order chi connectivity index (χ0) is 17.5. The Morgan fingerprint density at radius 2 is 2.08 bits per heavy atom. The third-order valence-electron chi connectivity index (χ3n) is 4.05. The van der Waals surface area contributed by atoms with Crippen LogP contribution in [-0.2, 0) is 4.79 Å². The summed E-state index contributed by atoms with van der Waals surface area (Å²) in [5, 5.41) is 5.05. The first-order valence-electron chi connectivity index (χ1n) is 8.27. The van der Waals surface area contributed by atoms with Gasteiger partial charge in [-0.1, -0.05) is 6.07 Å². The van der Waals surface area contributed by atoms with Crippen molar-refractivity contribution in [3.05, 3.63) is 40.9 Å². The van der Waals surface area contributed by atoms with Crippen molar-refractivity contribution >= 4 is 23.3 Å². The summed E-state index contributed by atoms with van der Waals surface area (Å²) < 4.78 is 10.9. The van der Waals surface area contributed by atoms with E-state index in [-0.39, 0.29) is 18.1 Å². The van der Waals surface area contributed by atoms with E-state index in [0.717, 1.165) is 30.6 Å². The molecule has 6 nitrogen and oxygen atoms in total. The molecule has 0 bridgehead atoms. The Kier molecular flexibility index (Phi) is 6.00. The number of methoxy groups -OCH3 is 1. The lowest BCUT2D eigenvalue weighted by atomic mass is 9.93. The van der Waals surface area contributed by atoms with Crippen molar-refractivity contribution in [2.75, 3.05) is 7.11 Å². The fourth-order valence-corrected chi connectivity index (χ4v) is 3.39. The summed E-state index contributed by atoms with van der Waals surface area (Å²) >= 11 is 1.61. The predicted octanol–water partition coefficient (Wildman–Crippen LogP) is 3.07. The smallest absolute Gasteiger partial charge is 0.244 e. The predicted molar refractivity (Wildman–Crippen MR) is 96.8 cm³/mol. The number of thiophene rings is 1. The van der Waals surface area contributed by atoms with Gasteiger partial charge in [-0.2, -0.15) is 4.98 Å². The molecule has 132 valence electrons. The first-order valence-corrected chi connectivity index (χ1v) is 9.15. The minimum atomic E-state index is -0.0450. The Labute approximate surface area is 150 Å². The third kappa shape index (κ3) is 5.29. The molecule has 3 rings (SSSR count). The van der Waals surface area contributed by atoms with Crippen LogP contribution in [0.1, 0.15) is 30.6 Å². The molecule has 1 N–H and O–H groups in total. The lowest BCUT2D eigenvalue weighted by Crippen LogP contribution is -2.39. The highest BCUT2D eigenvalue weighted by molar-refractivity contribution is 7.10. The van der Waals surface area contributed by atoms with Gasteiger partial charge in [0.1, 0.15) is 6.10 Å². The first kappa shape index (κ1) is 17.4. The molecule has 7 heteroatoms. The fourth-order valence-electron chi connectivity index (χ4n) is 2.78. The zero-order valence-electron chi connectivity index (χ0n) is 14.1. The van der Waals surface area contributed by atoms with Crippen molar-refractivity contribution in [3.63, 3.8) is 0 Å². The van der Waals surface area contributed by atoms with Crippen molar-refractivity contribution < 1.29 is 14.3 Å². The van der Waals surface area contributed by atoms with Gasteiger partial charge in [0.2, 0.25) is 17.7 Å². The molecule has 2 heterocycles. The van der Waals surface area contributed by atoms with E-state index in [4.69, 9.17) is 9.47 Å². The molecule has 1 saturated carbocycles. The maximum Gasteiger partial charge on any atom is 0.244 e. The zero-order valence-corrected chi connectivity index (χ0v) is 14.9. The summed E-state index contributed by atoms with van der Waals surface area (Å²) in [5.41, 5.74) is 0. The Morgan fingerprint density at radius 1 is 1.28 bits per heavy atom. The Bertz CT molecular complexity index is 710. The topological polar surface area (TPSA) is 73.3 Å². The van der Waals surface area contributed by atoms with E-state index in [0.29, 0.717) is 11.8 Å². The monoisotopic (exact) mass is 359 g/mol. The van der Waals surface area contributed by atoms with Gasteiger partial charge in [0.15, 0.2) is 0 Å². The van der Waals surface area contributed by atoms with Gasteiger partial charge in [-0.25, -0.2) is 0 Å². The van der Waals surface area contributed by atoms with Gasteiger partial charge in [0.05, 0.1) is 19.5 Å². The maximum absolute atomic E-state index is 12.0. The second kappa shape index (κ2) is 8.62. The van der Waals surface area contributed by atoms with Crippen molar-refractivity contribution in [1.29, 1.82) is 0 Å². The summed E-state index contributed by atoms with van der Waals surface area (Å²) in [6, 6.07) is 4.14. The average Bonchev–Trinajstić information content (AvgIpc) is 3.15. The molecule has 0 saturated heterocycles. The Balaban J connectivity index is 1.43. The molecular weight excluding hydrogens is 338 g/mol. The number of amides is 1. The highest BCUT2D eigenvalue weighted by atomic mass is 32.1. The molecule has 0 spiro atoms. The maximum atomic E-state index is 12.0. The molecule has 1 aliphatic carbocycles. The van der Waals surface area contributed by atoms with Crippen LogP contribution in [0, 0.1) is 0 Å². The third-order valence-corrected chi connectivity index (χ3v) is 4.89. The lowest BCUT2D eigenvalue weighted by molar-refractivity contribution is -0.117. The van der Waals surface area contributed by atoms with Crippen LogP contribution >= 0.6 is 11.3 Å². The highest BCUT2D eigenvalue weighted by Gasteiger charge is 2.23. The number of nitrogens with zero attached hydrogens (tertiary/aromatic N) is 2. The average molecular weight is 359 g/mol. The van der Waals surface area contributed by atoms with E-state index >= 15 is 0 Å². The highest BCUT2D eigenvalue weighted by Crippen LogP contribution is 2.23. The van der Waals surface area contributed by atoms with Crippen LogP contribution in [-0.4, -0.2) is 35.1 Å². The summed E-state index contributed by atoms with van der Waals surface area (Å²) in [6.45, 7) is 0. The molecular formula is C18H21N3O3S. The minimum Gasteiger partial charge on any atom is -0.480 e. The van der Waals surface area contributed by atoms with Crippen molar-refractivity contribution in [2.24, 2.45) is 0 Å². The Morgan fingerprint density at radius 3 is 2.80 bits per heavy atom. The summed E-state index contributed by atoms with van der Waals surface area (Å²) in [4.78, 5) is 21.3. The number of carbonyl (C=O) groups excluding carboxylic acids is 1. The van der Waals surface area contributed by atoms with Crippen LogP contribution in [0.5, 0.6) is 11.8 Å². The van der Waals surface area contributed by atoms with Crippen LogP contribution in [0.3, 0.4) is 0 Å². The Hall–Kier alpha value is -2.41. The van der Waals surface area contributed by atoms with E-state index in [9.17, 15) is 4.79 Å². The van der Waals surface area contributed by atoms with E-state index in [1.165, 1.54) is 0 Å². The molecule has 0 aromatic carbocycles. The molecule has 25 heavy (non-hydrogen) atoms. The molecule has 0 atom stereocenters. The van der Waals surface area contributed by atoms with Gasteiger partial charge in [-0.3, -0.25) is 9.78 Å². The van der Waals surface area contributed by atoms with Crippen molar-refractivity contribution in [2.45, 2.75) is 37.8 Å². The molecule has 0 unspecified atom stereocenters. The summed E-state index contributed by atoms with van der Waals surface area (Å²) in [5.74, 6) is 0.873. The molecule has 0 radical (unpaired) electrons. The number of nitrogens with one attached hydrogen (secondary N) is 1. The van der Waals surface area contributed by atoms with E-state index in [2.05, 4.69) is 15.3 Å². The standard InChI is InChI=1S/C18H21N3O3S/c1-23-17-11-19-12-18(21-17)24-14-6-4-13(5-7-14)20-16(22)9-8-15-3-2-10-25-15/h2-3,8-14H,4-7H2,1H3,(H,20,22)/b9-8+. The normalized spacial score (nSPS) is 20.4. The van der Waals surface area contributed by atoms with Crippen molar-refractivity contribution in [3.8, 4) is 11.8 Å². The van der Waals surface area contributed by atoms with E-state index in [1.807, 2.05) is 23.6 Å². The first-order chi connectivity index (χ1) is 12.2. The second-order valence-electron chi connectivity index (χ2n) is 5.85. The largest absolute Gasteiger partial charge is 0.480 e. The van der Waals surface area contributed by atoms with Gasteiger partial charge >= 0.3 is 0 Å². The van der Waals surface area contributed by atoms with Gasteiger partial charge in [0, 0.05) is 17.0 Å². The van der Waals surface area contributed by atoms with Crippen LogP contribution in [0.2, 0.25) is 0 Å². The van der Waals surface area contributed by atoms with Gasteiger partial charge in [-0.05, 0) is 43.2 Å². The van der Waals surface area contributed by atoms with Crippen LogP contribution in [0.15, 0.2) is 36.0 Å². The van der Waals surface area contributed by atoms with Crippen molar-refractivity contribution in [1.82, 2.24) is 15.3 Å². The van der Waals surface area contributed by atoms with E-state index in [1.54, 1.807) is 36.9 Å².